The first kappa shape index (κ1) is 16.2. The van der Waals surface area contributed by atoms with Crippen LogP contribution in [0.2, 0.25) is 0 Å². The molecular weight excluding hydrogens is 312 g/mol. The average molecular weight is 332 g/mol. The molecule has 0 aliphatic carbocycles. The number of aromatic nitrogens is 3. The molecule has 0 N–H and O–H groups in total. The van der Waals surface area contributed by atoms with E-state index in [1.165, 1.54) is 24.7 Å². The van der Waals surface area contributed by atoms with E-state index in [2.05, 4.69) is 5.16 Å². The molecule has 0 bridgehead atoms. The Labute approximate surface area is 138 Å². The number of likely N-dealkylation sites (tertiary alicyclic amines) is 1. The van der Waals surface area contributed by atoms with Crippen LogP contribution in [0.15, 0.2) is 26.2 Å². The number of nitrogens with zero attached hydrogens (tertiary/aromatic N) is 4. The van der Waals surface area contributed by atoms with Crippen LogP contribution in [0.5, 0.6) is 0 Å². The Morgan fingerprint density at radius 3 is 2.62 bits per heavy atom. The van der Waals surface area contributed by atoms with Gasteiger partial charge < -0.3 is 9.42 Å². The summed E-state index contributed by atoms with van der Waals surface area (Å²) in [5.74, 6) is 0.349. The fourth-order valence-corrected chi connectivity index (χ4v) is 3.11. The summed E-state index contributed by atoms with van der Waals surface area (Å²) in [6.07, 6.45) is 2.63. The van der Waals surface area contributed by atoms with Crippen molar-refractivity contribution in [3.05, 3.63) is 50.1 Å². The van der Waals surface area contributed by atoms with Gasteiger partial charge in [-0.15, -0.1) is 0 Å². The molecule has 8 nitrogen and oxygen atoms in total. The van der Waals surface area contributed by atoms with E-state index in [1.54, 1.807) is 11.8 Å². The van der Waals surface area contributed by atoms with E-state index in [4.69, 9.17) is 4.52 Å². The molecular formula is C16H20N4O4. The summed E-state index contributed by atoms with van der Waals surface area (Å²) in [6.45, 7) is 2.36. The number of hydrogen-bond donors (Lipinski definition) is 0. The van der Waals surface area contributed by atoms with Gasteiger partial charge in [-0.2, -0.15) is 0 Å². The lowest BCUT2D eigenvalue weighted by molar-refractivity contribution is 0.0589. The Balaban J connectivity index is 2.02. The topological polar surface area (TPSA) is 90.3 Å². The van der Waals surface area contributed by atoms with Gasteiger partial charge >= 0.3 is 5.69 Å². The van der Waals surface area contributed by atoms with E-state index in [9.17, 15) is 14.4 Å². The lowest BCUT2D eigenvalue weighted by Gasteiger charge is -2.34. The molecule has 128 valence electrons. The van der Waals surface area contributed by atoms with Crippen molar-refractivity contribution >= 4 is 5.91 Å². The standard InChI is InChI=1S/C16H20N4O4/c1-10-8-11(17-24-10)12-6-4-5-7-20(12)15(22)13-9-14(21)19(3)16(23)18(13)2/h8-9,12H,4-7H2,1-3H3/t12-/m1/s1. The fourth-order valence-electron chi connectivity index (χ4n) is 3.11. The third-order valence-electron chi connectivity index (χ3n) is 4.50. The molecule has 1 saturated heterocycles. The molecule has 1 amide bonds. The quantitative estimate of drug-likeness (QED) is 0.809. The number of aryl methyl sites for hydroxylation is 1. The Kier molecular flexibility index (Phi) is 4.13. The summed E-state index contributed by atoms with van der Waals surface area (Å²) in [6, 6.07) is 2.82. The lowest BCUT2D eigenvalue weighted by Crippen LogP contribution is -2.44. The number of carbonyl (C=O) groups excluding carboxylic acids is 1. The van der Waals surface area contributed by atoms with E-state index in [0.29, 0.717) is 18.0 Å². The summed E-state index contributed by atoms with van der Waals surface area (Å²) < 4.78 is 7.32. The molecule has 1 fully saturated rings. The van der Waals surface area contributed by atoms with Crippen LogP contribution in [0.3, 0.4) is 0 Å². The summed E-state index contributed by atoms with van der Waals surface area (Å²) >= 11 is 0. The van der Waals surface area contributed by atoms with Crippen molar-refractivity contribution in [1.29, 1.82) is 0 Å². The maximum atomic E-state index is 13.0. The Hall–Kier alpha value is -2.64. The van der Waals surface area contributed by atoms with Crippen molar-refractivity contribution in [2.24, 2.45) is 14.1 Å². The average Bonchev–Trinajstić information content (AvgIpc) is 3.02. The predicted octanol–water partition coefficient (Wildman–Crippen LogP) is 0.748. The lowest BCUT2D eigenvalue weighted by atomic mass is 9.98. The van der Waals surface area contributed by atoms with Gasteiger partial charge in [-0.1, -0.05) is 5.16 Å². The van der Waals surface area contributed by atoms with Crippen LogP contribution in [-0.2, 0) is 14.1 Å². The minimum absolute atomic E-state index is 0.0928. The molecule has 24 heavy (non-hydrogen) atoms. The maximum Gasteiger partial charge on any atom is 0.331 e. The van der Waals surface area contributed by atoms with Gasteiger partial charge in [0, 0.05) is 32.8 Å². The second-order valence-corrected chi connectivity index (χ2v) is 6.14. The van der Waals surface area contributed by atoms with Crippen LogP contribution >= 0.6 is 0 Å². The zero-order chi connectivity index (χ0) is 17.4. The zero-order valence-corrected chi connectivity index (χ0v) is 14.0. The van der Waals surface area contributed by atoms with Crippen molar-refractivity contribution in [2.75, 3.05) is 6.54 Å². The highest BCUT2D eigenvalue weighted by atomic mass is 16.5. The molecule has 0 saturated carbocycles. The van der Waals surface area contributed by atoms with Gasteiger partial charge in [-0.05, 0) is 26.2 Å². The first-order valence-corrected chi connectivity index (χ1v) is 7.91. The van der Waals surface area contributed by atoms with E-state index >= 15 is 0 Å². The molecule has 2 aromatic rings. The summed E-state index contributed by atoms with van der Waals surface area (Å²) in [5.41, 5.74) is -0.214. The van der Waals surface area contributed by atoms with Crippen LogP contribution in [0, 0.1) is 6.92 Å². The largest absolute Gasteiger partial charge is 0.361 e. The summed E-state index contributed by atoms with van der Waals surface area (Å²) in [4.78, 5) is 38.6. The van der Waals surface area contributed by atoms with E-state index in [1.807, 2.05) is 6.07 Å². The molecule has 1 aliphatic rings. The van der Waals surface area contributed by atoms with Gasteiger partial charge in [0.1, 0.15) is 17.1 Å². The zero-order valence-electron chi connectivity index (χ0n) is 14.0. The van der Waals surface area contributed by atoms with Gasteiger partial charge in [0.05, 0.1) is 6.04 Å². The van der Waals surface area contributed by atoms with Gasteiger partial charge in [-0.3, -0.25) is 18.7 Å². The highest BCUT2D eigenvalue weighted by Gasteiger charge is 2.32. The van der Waals surface area contributed by atoms with Crippen LogP contribution in [0.25, 0.3) is 0 Å². The predicted molar refractivity (Wildman–Crippen MR) is 85.8 cm³/mol. The Bertz CT molecular complexity index is 892. The van der Waals surface area contributed by atoms with Gasteiger partial charge in [0.15, 0.2) is 0 Å². The minimum Gasteiger partial charge on any atom is -0.361 e. The number of amides is 1. The molecule has 2 aromatic heterocycles. The third-order valence-corrected chi connectivity index (χ3v) is 4.50. The number of piperidine rings is 1. The first-order valence-electron chi connectivity index (χ1n) is 7.91. The van der Waals surface area contributed by atoms with Crippen LogP contribution in [0.1, 0.15) is 47.2 Å². The van der Waals surface area contributed by atoms with E-state index < -0.39 is 11.2 Å². The van der Waals surface area contributed by atoms with Crippen molar-refractivity contribution in [1.82, 2.24) is 19.2 Å². The first-order chi connectivity index (χ1) is 11.4. The molecule has 1 aliphatic heterocycles. The third kappa shape index (κ3) is 2.68. The summed E-state index contributed by atoms with van der Waals surface area (Å²) in [5, 5.41) is 4.03. The van der Waals surface area contributed by atoms with Crippen molar-refractivity contribution < 1.29 is 9.32 Å². The number of hydrogen-bond acceptors (Lipinski definition) is 5. The molecule has 3 rings (SSSR count). The van der Waals surface area contributed by atoms with Crippen LogP contribution in [0.4, 0.5) is 0 Å². The second-order valence-electron chi connectivity index (χ2n) is 6.14. The normalized spacial score (nSPS) is 18.0. The fraction of sp³-hybridized carbons (Fsp3) is 0.500. The molecule has 0 unspecified atom stereocenters. The molecule has 1 atom stereocenters. The number of carbonyl (C=O) groups is 1. The maximum absolute atomic E-state index is 13.0. The van der Waals surface area contributed by atoms with E-state index in [-0.39, 0.29) is 17.6 Å². The van der Waals surface area contributed by atoms with Crippen LogP contribution < -0.4 is 11.2 Å². The van der Waals surface area contributed by atoms with Gasteiger partial charge in [0.2, 0.25) is 0 Å². The van der Waals surface area contributed by atoms with Crippen LogP contribution in [-0.4, -0.2) is 31.6 Å². The van der Waals surface area contributed by atoms with Crippen molar-refractivity contribution in [2.45, 2.75) is 32.2 Å². The smallest absolute Gasteiger partial charge is 0.331 e. The highest BCUT2D eigenvalue weighted by Crippen LogP contribution is 2.31. The molecule has 0 spiro atoms. The van der Waals surface area contributed by atoms with Crippen molar-refractivity contribution in [3.8, 4) is 0 Å². The van der Waals surface area contributed by atoms with Crippen molar-refractivity contribution in [3.63, 3.8) is 0 Å². The summed E-state index contributed by atoms with van der Waals surface area (Å²) in [7, 11) is 2.88. The Morgan fingerprint density at radius 2 is 1.96 bits per heavy atom. The molecule has 3 heterocycles. The molecule has 0 radical (unpaired) electrons. The van der Waals surface area contributed by atoms with Gasteiger partial charge in [0.25, 0.3) is 11.5 Å². The number of rotatable bonds is 2. The second kappa shape index (κ2) is 6.10. The van der Waals surface area contributed by atoms with E-state index in [0.717, 1.165) is 23.8 Å². The SMILES string of the molecule is Cc1cc([C@H]2CCCCN2C(=O)c2cc(=O)n(C)c(=O)n2C)no1. The highest BCUT2D eigenvalue weighted by molar-refractivity contribution is 5.92. The molecule has 0 aromatic carbocycles. The van der Waals surface area contributed by atoms with Gasteiger partial charge in [-0.25, -0.2) is 4.79 Å². The monoisotopic (exact) mass is 332 g/mol. The molecule has 8 heteroatoms. The Morgan fingerprint density at radius 1 is 1.21 bits per heavy atom. The minimum atomic E-state index is -0.517.